The fourth-order valence-corrected chi connectivity index (χ4v) is 3.54. The van der Waals surface area contributed by atoms with E-state index >= 15 is 0 Å². The molecular formula is C26H22Cl2N2O4. The van der Waals surface area contributed by atoms with Crippen molar-refractivity contribution in [2.24, 2.45) is 0 Å². The van der Waals surface area contributed by atoms with E-state index in [0.29, 0.717) is 27.8 Å². The second-order valence-corrected chi connectivity index (χ2v) is 8.02. The Balaban J connectivity index is 1.73. The van der Waals surface area contributed by atoms with E-state index in [1.54, 1.807) is 37.4 Å². The van der Waals surface area contributed by atoms with Gasteiger partial charge in [-0.15, -0.1) is 0 Å². The standard InChI is InChI=1S/C26H22Cl2N2O4/c1-17-6-8-21(9-7-17)30-26(31)19(16-29)12-18-13-20(27)14-24(28)25(18)34-11-10-33-23-5-3-4-22(15-23)32-2/h3-9,12-15H,10-11H2,1-2H3,(H,30,31). The number of nitrogens with zero attached hydrogens (tertiary/aromatic N) is 1. The first-order valence-corrected chi connectivity index (χ1v) is 11.0. The van der Waals surface area contributed by atoms with Crippen LogP contribution in [0.2, 0.25) is 10.0 Å². The van der Waals surface area contributed by atoms with E-state index in [1.807, 2.05) is 37.3 Å². The van der Waals surface area contributed by atoms with Crippen molar-refractivity contribution in [3.05, 3.63) is 87.4 Å². The Morgan fingerprint density at radius 1 is 1.03 bits per heavy atom. The molecule has 0 aliphatic heterocycles. The van der Waals surface area contributed by atoms with Gasteiger partial charge in [0.2, 0.25) is 0 Å². The Bertz CT molecular complexity index is 1230. The van der Waals surface area contributed by atoms with Gasteiger partial charge in [-0.3, -0.25) is 4.79 Å². The molecule has 1 N–H and O–H groups in total. The first-order valence-electron chi connectivity index (χ1n) is 10.3. The molecule has 0 heterocycles. The van der Waals surface area contributed by atoms with Gasteiger partial charge in [-0.25, -0.2) is 0 Å². The van der Waals surface area contributed by atoms with Crippen molar-refractivity contribution in [3.63, 3.8) is 0 Å². The SMILES string of the molecule is COc1cccc(OCCOc2c(Cl)cc(Cl)cc2C=C(C#N)C(=O)Nc2ccc(C)cc2)c1. The zero-order valence-corrected chi connectivity index (χ0v) is 20.1. The number of ether oxygens (including phenoxy) is 3. The summed E-state index contributed by atoms with van der Waals surface area (Å²) < 4.78 is 16.7. The van der Waals surface area contributed by atoms with Crippen LogP contribution in [-0.2, 0) is 4.79 Å². The van der Waals surface area contributed by atoms with Crippen LogP contribution in [0.15, 0.2) is 66.2 Å². The van der Waals surface area contributed by atoms with Gasteiger partial charge >= 0.3 is 0 Å². The maximum absolute atomic E-state index is 12.6. The number of rotatable bonds is 9. The number of carbonyl (C=O) groups excluding carboxylic acids is 1. The van der Waals surface area contributed by atoms with Crippen LogP contribution >= 0.6 is 23.2 Å². The summed E-state index contributed by atoms with van der Waals surface area (Å²) in [5.41, 5.74) is 1.90. The number of methoxy groups -OCH3 is 1. The predicted molar refractivity (Wildman–Crippen MR) is 134 cm³/mol. The molecule has 3 aromatic rings. The summed E-state index contributed by atoms with van der Waals surface area (Å²) in [4.78, 5) is 12.6. The molecule has 0 aromatic heterocycles. The van der Waals surface area contributed by atoms with Gasteiger partial charge in [0.25, 0.3) is 5.91 Å². The van der Waals surface area contributed by atoms with Crippen LogP contribution in [0.3, 0.4) is 0 Å². The summed E-state index contributed by atoms with van der Waals surface area (Å²) in [6.07, 6.45) is 1.39. The molecular weight excluding hydrogens is 475 g/mol. The Morgan fingerprint density at radius 2 is 1.74 bits per heavy atom. The topological polar surface area (TPSA) is 80.6 Å². The van der Waals surface area contributed by atoms with E-state index in [9.17, 15) is 10.1 Å². The van der Waals surface area contributed by atoms with Crippen LogP contribution < -0.4 is 19.5 Å². The second-order valence-electron chi connectivity index (χ2n) is 7.17. The van der Waals surface area contributed by atoms with Gasteiger partial charge in [0.15, 0.2) is 0 Å². The Hall–Kier alpha value is -3.66. The van der Waals surface area contributed by atoms with E-state index in [1.165, 1.54) is 12.1 Å². The van der Waals surface area contributed by atoms with Crippen LogP contribution in [0, 0.1) is 18.3 Å². The number of amides is 1. The van der Waals surface area contributed by atoms with Crippen molar-refractivity contribution in [1.82, 2.24) is 0 Å². The van der Waals surface area contributed by atoms with Crippen molar-refractivity contribution < 1.29 is 19.0 Å². The molecule has 174 valence electrons. The summed E-state index contributed by atoms with van der Waals surface area (Å²) in [5, 5.41) is 12.9. The van der Waals surface area contributed by atoms with E-state index in [-0.39, 0.29) is 29.6 Å². The van der Waals surface area contributed by atoms with Crippen LogP contribution in [0.5, 0.6) is 17.2 Å². The quantitative estimate of drug-likeness (QED) is 0.213. The lowest BCUT2D eigenvalue weighted by molar-refractivity contribution is -0.112. The Labute approximate surface area is 208 Å². The lowest BCUT2D eigenvalue weighted by atomic mass is 10.1. The molecule has 0 aliphatic rings. The number of halogens is 2. The maximum Gasteiger partial charge on any atom is 0.266 e. The molecule has 6 nitrogen and oxygen atoms in total. The summed E-state index contributed by atoms with van der Waals surface area (Å²) in [6.45, 7) is 2.34. The number of hydrogen-bond donors (Lipinski definition) is 1. The smallest absolute Gasteiger partial charge is 0.266 e. The average molecular weight is 497 g/mol. The molecule has 0 unspecified atom stereocenters. The van der Waals surface area contributed by atoms with E-state index in [4.69, 9.17) is 37.4 Å². The maximum atomic E-state index is 12.6. The number of aryl methyl sites for hydroxylation is 1. The van der Waals surface area contributed by atoms with Gasteiger partial charge in [-0.1, -0.05) is 47.0 Å². The molecule has 0 saturated heterocycles. The molecule has 34 heavy (non-hydrogen) atoms. The van der Waals surface area contributed by atoms with Crippen LogP contribution in [0.1, 0.15) is 11.1 Å². The number of carbonyl (C=O) groups is 1. The molecule has 0 bridgehead atoms. The largest absolute Gasteiger partial charge is 0.497 e. The minimum absolute atomic E-state index is 0.128. The molecule has 3 aromatic carbocycles. The van der Waals surface area contributed by atoms with Gasteiger partial charge in [0, 0.05) is 22.3 Å². The summed E-state index contributed by atoms with van der Waals surface area (Å²) in [6, 6.07) is 19.5. The number of nitriles is 1. The number of anilines is 1. The molecule has 0 aliphatic carbocycles. The molecule has 3 rings (SSSR count). The predicted octanol–water partition coefficient (Wildman–Crippen LogP) is 6.31. The van der Waals surface area contributed by atoms with Crippen molar-refractivity contribution in [3.8, 4) is 23.3 Å². The van der Waals surface area contributed by atoms with Gasteiger partial charge < -0.3 is 19.5 Å². The zero-order valence-electron chi connectivity index (χ0n) is 18.6. The van der Waals surface area contributed by atoms with Crippen LogP contribution in [0.25, 0.3) is 6.08 Å². The fourth-order valence-electron chi connectivity index (χ4n) is 2.97. The van der Waals surface area contributed by atoms with Crippen molar-refractivity contribution >= 4 is 40.9 Å². The highest BCUT2D eigenvalue weighted by atomic mass is 35.5. The minimum Gasteiger partial charge on any atom is -0.497 e. The first-order chi connectivity index (χ1) is 16.4. The zero-order chi connectivity index (χ0) is 24.5. The normalized spacial score (nSPS) is 10.9. The highest BCUT2D eigenvalue weighted by Crippen LogP contribution is 2.34. The molecule has 0 radical (unpaired) electrons. The summed E-state index contributed by atoms with van der Waals surface area (Å²) in [7, 11) is 1.58. The lowest BCUT2D eigenvalue weighted by Gasteiger charge is -2.13. The molecule has 1 amide bonds. The van der Waals surface area contributed by atoms with Crippen LogP contribution in [0.4, 0.5) is 5.69 Å². The van der Waals surface area contributed by atoms with E-state index in [2.05, 4.69) is 5.32 Å². The molecule has 0 fully saturated rings. The molecule has 0 spiro atoms. The van der Waals surface area contributed by atoms with Gasteiger partial charge in [0.1, 0.15) is 42.1 Å². The van der Waals surface area contributed by atoms with Crippen molar-refractivity contribution in [2.75, 3.05) is 25.6 Å². The fraction of sp³-hybridized carbons (Fsp3) is 0.154. The molecule has 0 atom stereocenters. The number of nitrogens with one attached hydrogen (secondary N) is 1. The highest BCUT2D eigenvalue weighted by Gasteiger charge is 2.15. The summed E-state index contributed by atoms with van der Waals surface area (Å²) >= 11 is 12.5. The number of benzene rings is 3. The third-order valence-corrected chi connectivity index (χ3v) is 5.15. The first kappa shape index (κ1) is 25.0. The summed E-state index contributed by atoms with van der Waals surface area (Å²) in [5.74, 6) is 1.04. The third-order valence-electron chi connectivity index (χ3n) is 4.65. The third kappa shape index (κ3) is 6.92. The highest BCUT2D eigenvalue weighted by molar-refractivity contribution is 6.36. The molecule has 0 saturated carbocycles. The van der Waals surface area contributed by atoms with Crippen molar-refractivity contribution in [1.29, 1.82) is 5.26 Å². The monoisotopic (exact) mass is 496 g/mol. The number of hydrogen-bond acceptors (Lipinski definition) is 5. The van der Waals surface area contributed by atoms with E-state index in [0.717, 1.165) is 5.56 Å². The lowest BCUT2D eigenvalue weighted by Crippen LogP contribution is -2.13. The van der Waals surface area contributed by atoms with Crippen molar-refractivity contribution in [2.45, 2.75) is 6.92 Å². The Kier molecular flexibility index (Phi) is 8.80. The average Bonchev–Trinajstić information content (AvgIpc) is 2.82. The van der Waals surface area contributed by atoms with Gasteiger partial charge in [-0.2, -0.15) is 5.26 Å². The Morgan fingerprint density at radius 3 is 2.44 bits per heavy atom. The second kappa shape index (κ2) is 12.0. The van der Waals surface area contributed by atoms with Gasteiger partial charge in [0.05, 0.1) is 12.1 Å². The van der Waals surface area contributed by atoms with Gasteiger partial charge in [-0.05, 0) is 49.4 Å². The molecule has 8 heteroatoms. The minimum atomic E-state index is -0.560. The van der Waals surface area contributed by atoms with E-state index < -0.39 is 5.91 Å². The van der Waals surface area contributed by atoms with Crippen LogP contribution in [-0.4, -0.2) is 26.2 Å².